The van der Waals surface area contributed by atoms with Gasteiger partial charge in [-0.25, -0.2) is 4.79 Å². The number of carboxylic acid groups (broad SMARTS) is 1. The van der Waals surface area contributed by atoms with Gasteiger partial charge in [-0.1, -0.05) is 17.7 Å². The van der Waals surface area contributed by atoms with Gasteiger partial charge in [0.05, 0.1) is 14.2 Å². The molecule has 2 aromatic rings. The Morgan fingerprint density at radius 1 is 1.04 bits per heavy atom. The van der Waals surface area contributed by atoms with Gasteiger partial charge in [0.25, 0.3) is 5.91 Å². The molecular weight excluding hydrogens is 322 g/mol. The molecule has 0 unspecified atom stereocenters. The lowest BCUT2D eigenvalue weighted by atomic mass is 10.1. The number of aliphatic carboxylic acids is 1. The molecule has 6 nitrogen and oxygen atoms in total. The van der Waals surface area contributed by atoms with Crippen LogP contribution in [0.5, 0.6) is 11.5 Å². The first kappa shape index (κ1) is 18.1. The Morgan fingerprint density at radius 3 is 2.28 bits per heavy atom. The highest BCUT2D eigenvalue weighted by Crippen LogP contribution is 2.26. The number of aryl methyl sites for hydroxylation is 1. The van der Waals surface area contributed by atoms with E-state index in [9.17, 15) is 14.7 Å². The second kappa shape index (κ2) is 8.01. The Balaban J connectivity index is 2.31. The molecule has 2 rings (SSSR count). The van der Waals surface area contributed by atoms with Gasteiger partial charge in [0, 0.05) is 17.2 Å². The lowest BCUT2D eigenvalue weighted by Crippen LogP contribution is -2.27. The van der Waals surface area contributed by atoms with E-state index < -0.39 is 11.9 Å². The summed E-state index contributed by atoms with van der Waals surface area (Å²) in [5, 5.41) is 11.8. The summed E-state index contributed by atoms with van der Waals surface area (Å²) in [6, 6.07) is 11.8. The fourth-order valence-electron chi connectivity index (χ4n) is 2.14. The third-order valence-electron chi connectivity index (χ3n) is 3.53. The first-order valence-corrected chi connectivity index (χ1v) is 7.49. The van der Waals surface area contributed by atoms with E-state index >= 15 is 0 Å². The summed E-state index contributed by atoms with van der Waals surface area (Å²) in [5.41, 5.74) is 1.63. The van der Waals surface area contributed by atoms with E-state index in [-0.39, 0.29) is 5.70 Å². The van der Waals surface area contributed by atoms with E-state index in [1.807, 2.05) is 6.92 Å². The second-order valence-corrected chi connectivity index (χ2v) is 5.29. The Morgan fingerprint density at radius 2 is 1.72 bits per heavy atom. The van der Waals surface area contributed by atoms with E-state index in [4.69, 9.17) is 9.47 Å². The van der Waals surface area contributed by atoms with Crippen molar-refractivity contribution in [1.82, 2.24) is 5.32 Å². The van der Waals surface area contributed by atoms with E-state index in [2.05, 4.69) is 5.32 Å². The molecule has 2 N–H and O–H groups in total. The largest absolute Gasteiger partial charge is 0.497 e. The van der Waals surface area contributed by atoms with Gasteiger partial charge in [-0.15, -0.1) is 0 Å². The van der Waals surface area contributed by atoms with Crippen molar-refractivity contribution in [2.45, 2.75) is 6.92 Å². The number of hydrogen-bond donors (Lipinski definition) is 2. The number of methoxy groups -OCH3 is 2. The van der Waals surface area contributed by atoms with Crippen molar-refractivity contribution in [3.63, 3.8) is 0 Å². The van der Waals surface area contributed by atoms with E-state index in [0.717, 1.165) is 5.56 Å². The zero-order chi connectivity index (χ0) is 18.4. The van der Waals surface area contributed by atoms with Crippen LogP contribution in [0, 0.1) is 6.92 Å². The van der Waals surface area contributed by atoms with Crippen LogP contribution in [0.4, 0.5) is 0 Å². The molecule has 0 spiro atoms. The molecule has 0 saturated carbocycles. The average molecular weight is 341 g/mol. The average Bonchev–Trinajstić information content (AvgIpc) is 2.61. The topological polar surface area (TPSA) is 84.9 Å². The van der Waals surface area contributed by atoms with Crippen molar-refractivity contribution in [2.24, 2.45) is 0 Å². The van der Waals surface area contributed by atoms with Crippen LogP contribution in [-0.2, 0) is 4.79 Å². The summed E-state index contributed by atoms with van der Waals surface area (Å²) in [6.45, 7) is 1.90. The van der Waals surface area contributed by atoms with Crippen LogP contribution in [0.25, 0.3) is 6.08 Å². The predicted molar refractivity (Wildman–Crippen MR) is 93.8 cm³/mol. The molecule has 0 aliphatic heterocycles. The number of carboxylic acids is 1. The molecule has 0 fully saturated rings. The fraction of sp³-hybridized carbons (Fsp3) is 0.158. The maximum atomic E-state index is 12.2. The highest BCUT2D eigenvalue weighted by molar-refractivity contribution is 6.02. The lowest BCUT2D eigenvalue weighted by Gasteiger charge is -2.10. The van der Waals surface area contributed by atoms with Crippen LogP contribution in [0.1, 0.15) is 21.5 Å². The van der Waals surface area contributed by atoms with Gasteiger partial charge < -0.3 is 19.9 Å². The number of carbonyl (C=O) groups is 2. The van der Waals surface area contributed by atoms with Crippen LogP contribution in [0.2, 0.25) is 0 Å². The van der Waals surface area contributed by atoms with Gasteiger partial charge in [-0.2, -0.15) is 0 Å². The van der Waals surface area contributed by atoms with Crippen LogP contribution in [-0.4, -0.2) is 31.2 Å². The Labute approximate surface area is 145 Å². The smallest absolute Gasteiger partial charge is 0.352 e. The normalized spacial score (nSPS) is 10.9. The van der Waals surface area contributed by atoms with Crippen molar-refractivity contribution in [1.29, 1.82) is 0 Å². The van der Waals surface area contributed by atoms with Crippen molar-refractivity contribution >= 4 is 18.0 Å². The summed E-state index contributed by atoms with van der Waals surface area (Å²) in [7, 11) is 2.99. The summed E-state index contributed by atoms with van der Waals surface area (Å²) in [6.07, 6.45) is 1.34. The third kappa shape index (κ3) is 4.60. The molecule has 0 bridgehead atoms. The van der Waals surface area contributed by atoms with E-state index in [1.165, 1.54) is 20.3 Å². The number of benzene rings is 2. The van der Waals surface area contributed by atoms with E-state index in [1.54, 1.807) is 42.5 Å². The molecule has 0 aliphatic carbocycles. The third-order valence-corrected chi connectivity index (χ3v) is 3.53. The molecule has 0 saturated heterocycles. The molecule has 0 radical (unpaired) electrons. The monoisotopic (exact) mass is 341 g/mol. The minimum atomic E-state index is -1.25. The maximum Gasteiger partial charge on any atom is 0.352 e. The van der Waals surface area contributed by atoms with Gasteiger partial charge in [0.15, 0.2) is 0 Å². The van der Waals surface area contributed by atoms with Crippen LogP contribution >= 0.6 is 0 Å². The zero-order valence-corrected chi connectivity index (χ0v) is 14.2. The Kier molecular flexibility index (Phi) is 5.79. The minimum Gasteiger partial charge on any atom is -0.497 e. The minimum absolute atomic E-state index is 0.256. The van der Waals surface area contributed by atoms with Crippen molar-refractivity contribution in [3.05, 3.63) is 64.9 Å². The number of ether oxygens (including phenoxy) is 2. The number of amides is 1. The molecular formula is C19H19NO5. The first-order chi connectivity index (χ1) is 11.9. The number of nitrogens with one attached hydrogen (secondary N) is 1. The number of hydrogen-bond acceptors (Lipinski definition) is 4. The lowest BCUT2D eigenvalue weighted by molar-refractivity contribution is -0.132. The fourth-order valence-corrected chi connectivity index (χ4v) is 2.14. The zero-order valence-electron chi connectivity index (χ0n) is 14.2. The Hall–Kier alpha value is -3.28. The Bertz CT molecular complexity index is 809. The van der Waals surface area contributed by atoms with Gasteiger partial charge in [0.1, 0.15) is 17.2 Å². The SMILES string of the molecule is COc1ccc(C=C(NC(=O)c2ccc(C)cc2)C(=O)O)c(OC)c1. The summed E-state index contributed by atoms with van der Waals surface area (Å²) < 4.78 is 10.4. The molecule has 2 aromatic carbocycles. The summed E-state index contributed by atoms with van der Waals surface area (Å²) >= 11 is 0. The molecule has 0 aliphatic rings. The highest BCUT2D eigenvalue weighted by Gasteiger charge is 2.14. The highest BCUT2D eigenvalue weighted by atomic mass is 16.5. The molecule has 1 amide bonds. The van der Waals surface area contributed by atoms with Crippen molar-refractivity contribution in [2.75, 3.05) is 14.2 Å². The summed E-state index contributed by atoms with van der Waals surface area (Å²) in [4.78, 5) is 23.7. The van der Waals surface area contributed by atoms with Gasteiger partial charge >= 0.3 is 5.97 Å². The maximum absolute atomic E-state index is 12.2. The van der Waals surface area contributed by atoms with Gasteiger partial charge in [-0.05, 0) is 37.3 Å². The first-order valence-electron chi connectivity index (χ1n) is 7.49. The molecule has 6 heteroatoms. The van der Waals surface area contributed by atoms with Crippen molar-refractivity contribution in [3.8, 4) is 11.5 Å². The summed E-state index contributed by atoms with van der Waals surface area (Å²) in [5.74, 6) is -0.739. The molecule has 130 valence electrons. The molecule has 25 heavy (non-hydrogen) atoms. The standard InChI is InChI=1S/C19H19NO5/c1-12-4-6-13(7-5-12)18(21)20-16(19(22)23)10-14-8-9-15(24-2)11-17(14)25-3/h4-11H,1-3H3,(H,20,21)(H,22,23). The number of carbonyl (C=O) groups excluding carboxylic acids is 1. The number of rotatable bonds is 6. The quantitative estimate of drug-likeness (QED) is 0.789. The van der Waals surface area contributed by atoms with Crippen molar-refractivity contribution < 1.29 is 24.2 Å². The second-order valence-electron chi connectivity index (χ2n) is 5.29. The van der Waals surface area contributed by atoms with Crippen LogP contribution < -0.4 is 14.8 Å². The molecule has 0 atom stereocenters. The van der Waals surface area contributed by atoms with Gasteiger partial charge in [-0.3, -0.25) is 4.79 Å². The van der Waals surface area contributed by atoms with Crippen LogP contribution in [0.3, 0.4) is 0 Å². The van der Waals surface area contributed by atoms with E-state index in [0.29, 0.717) is 22.6 Å². The molecule has 0 aromatic heterocycles. The molecule has 0 heterocycles. The van der Waals surface area contributed by atoms with Crippen LogP contribution in [0.15, 0.2) is 48.2 Å². The van der Waals surface area contributed by atoms with Gasteiger partial charge in [0.2, 0.25) is 0 Å². The predicted octanol–water partition coefficient (Wildman–Crippen LogP) is 2.87.